The Balaban J connectivity index is 1.51. The van der Waals surface area contributed by atoms with E-state index in [1.165, 1.54) is 31.2 Å². The Morgan fingerprint density at radius 2 is 2.00 bits per heavy atom. The van der Waals surface area contributed by atoms with E-state index in [9.17, 15) is 4.79 Å². The fourth-order valence-corrected chi connectivity index (χ4v) is 4.40. The first-order valence-electron chi connectivity index (χ1n) is 9.78. The molecule has 2 aliphatic rings. The fraction of sp³-hybridized carbons (Fsp3) is 0.667. The van der Waals surface area contributed by atoms with E-state index >= 15 is 0 Å². The minimum Gasteiger partial charge on any atom is -0.384 e. The molecular weight excluding hydrogens is 312 g/mol. The monoisotopic (exact) mass is 344 g/mol. The summed E-state index contributed by atoms with van der Waals surface area (Å²) < 4.78 is 5.40. The van der Waals surface area contributed by atoms with Gasteiger partial charge in [0.05, 0.1) is 6.61 Å². The molecule has 1 amide bonds. The molecule has 138 valence electrons. The number of benzene rings is 1. The second-order valence-electron chi connectivity index (χ2n) is 7.94. The first-order valence-corrected chi connectivity index (χ1v) is 9.78. The lowest BCUT2D eigenvalue weighted by Crippen LogP contribution is -2.38. The van der Waals surface area contributed by atoms with Gasteiger partial charge in [0.15, 0.2) is 0 Å². The van der Waals surface area contributed by atoms with Crippen molar-refractivity contribution in [1.29, 1.82) is 0 Å². The molecule has 0 aromatic heterocycles. The van der Waals surface area contributed by atoms with E-state index in [1.807, 2.05) is 12.1 Å². The van der Waals surface area contributed by atoms with Crippen LogP contribution in [0.1, 0.15) is 54.4 Å². The average Bonchev–Trinajstić information content (AvgIpc) is 3.10. The lowest BCUT2D eigenvalue weighted by atomic mass is 9.87. The predicted octanol–water partition coefficient (Wildman–Crippen LogP) is 3.17. The maximum atomic E-state index is 12.5. The van der Waals surface area contributed by atoms with Gasteiger partial charge in [-0.15, -0.1) is 0 Å². The van der Waals surface area contributed by atoms with Crippen LogP contribution in [0.25, 0.3) is 0 Å². The molecule has 1 saturated heterocycles. The van der Waals surface area contributed by atoms with Crippen molar-refractivity contribution >= 4 is 5.91 Å². The summed E-state index contributed by atoms with van der Waals surface area (Å²) in [5.74, 6) is 0.762. The zero-order valence-electron chi connectivity index (χ0n) is 15.5. The Hall–Kier alpha value is -1.39. The van der Waals surface area contributed by atoms with Gasteiger partial charge in [-0.3, -0.25) is 4.79 Å². The molecular formula is C21H32N2O2. The molecule has 0 radical (unpaired) electrons. The molecule has 2 fully saturated rings. The van der Waals surface area contributed by atoms with Gasteiger partial charge in [-0.1, -0.05) is 25.0 Å². The SMILES string of the molecule is COCC1(CNC(=O)c2ccc(C[C@H]3CCCNC3)cc2)CCCC1. The number of ether oxygens (including phenoxy) is 1. The van der Waals surface area contributed by atoms with E-state index in [0.29, 0.717) is 0 Å². The molecule has 2 N–H and O–H groups in total. The van der Waals surface area contributed by atoms with Crippen LogP contribution in [0.3, 0.4) is 0 Å². The quantitative estimate of drug-likeness (QED) is 0.799. The summed E-state index contributed by atoms with van der Waals surface area (Å²) in [6, 6.07) is 8.17. The van der Waals surface area contributed by atoms with Crippen LogP contribution < -0.4 is 10.6 Å². The summed E-state index contributed by atoms with van der Waals surface area (Å²) in [4.78, 5) is 12.5. The maximum absolute atomic E-state index is 12.5. The Morgan fingerprint density at radius 3 is 2.64 bits per heavy atom. The molecule has 0 bridgehead atoms. The number of amides is 1. The predicted molar refractivity (Wildman–Crippen MR) is 101 cm³/mol. The van der Waals surface area contributed by atoms with Gasteiger partial charge in [0, 0.05) is 24.6 Å². The summed E-state index contributed by atoms with van der Waals surface area (Å²) in [5, 5.41) is 6.61. The summed E-state index contributed by atoms with van der Waals surface area (Å²) in [5.41, 5.74) is 2.23. The number of rotatable bonds is 7. The zero-order valence-corrected chi connectivity index (χ0v) is 15.5. The smallest absolute Gasteiger partial charge is 0.251 e. The number of hydrogen-bond acceptors (Lipinski definition) is 3. The van der Waals surface area contributed by atoms with E-state index in [2.05, 4.69) is 22.8 Å². The summed E-state index contributed by atoms with van der Waals surface area (Å²) in [6.45, 7) is 3.72. The van der Waals surface area contributed by atoms with Crippen molar-refractivity contribution in [1.82, 2.24) is 10.6 Å². The van der Waals surface area contributed by atoms with Crippen LogP contribution in [0.4, 0.5) is 0 Å². The first kappa shape index (κ1) is 18.4. The standard InChI is InChI=1S/C21H32N2O2/c1-25-16-21(10-2-3-11-21)15-23-20(24)19-8-6-17(7-9-19)13-18-5-4-12-22-14-18/h6-9,18,22H,2-5,10-16H2,1H3,(H,23,24)/t18-/m1/s1. The number of nitrogens with one attached hydrogen (secondary N) is 2. The van der Waals surface area contributed by atoms with Gasteiger partial charge in [-0.2, -0.15) is 0 Å². The number of methoxy groups -OCH3 is 1. The number of carbonyl (C=O) groups is 1. The molecule has 1 aromatic rings. The van der Waals surface area contributed by atoms with E-state index in [1.54, 1.807) is 7.11 Å². The second-order valence-corrected chi connectivity index (χ2v) is 7.94. The fourth-order valence-electron chi connectivity index (χ4n) is 4.40. The third-order valence-corrected chi connectivity index (χ3v) is 5.88. The highest BCUT2D eigenvalue weighted by Crippen LogP contribution is 2.37. The average molecular weight is 344 g/mol. The highest BCUT2D eigenvalue weighted by molar-refractivity contribution is 5.94. The first-order chi connectivity index (χ1) is 12.2. The summed E-state index contributed by atoms with van der Waals surface area (Å²) in [6.07, 6.45) is 8.45. The van der Waals surface area contributed by atoms with Gasteiger partial charge in [-0.25, -0.2) is 0 Å². The van der Waals surface area contributed by atoms with Crippen molar-refractivity contribution in [2.45, 2.75) is 44.9 Å². The summed E-state index contributed by atoms with van der Waals surface area (Å²) >= 11 is 0. The van der Waals surface area contributed by atoms with Crippen LogP contribution in [0.15, 0.2) is 24.3 Å². The maximum Gasteiger partial charge on any atom is 0.251 e. The Labute approximate surface area is 151 Å². The molecule has 3 rings (SSSR count). The highest BCUT2D eigenvalue weighted by Gasteiger charge is 2.34. The van der Waals surface area contributed by atoms with Gasteiger partial charge in [0.2, 0.25) is 0 Å². The lowest BCUT2D eigenvalue weighted by molar-refractivity contribution is 0.0740. The Morgan fingerprint density at radius 1 is 1.24 bits per heavy atom. The van der Waals surface area contributed by atoms with Crippen molar-refractivity contribution in [3.05, 3.63) is 35.4 Å². The molecule has 4 nitrogen and oxygen atoms in total. The summed E-state index contributed by atoms with van der Waals surface area (Å²) in [7, 11) is 1.75. The van der Waals surface area contributed by atoms with Crippen LogP contribution in [-0.2, 0) is 11.2 Å². The molecule has 0 unspecified atom stereocenters. The van der Waals surface area contributed by atoms with Crippen molar-refractivity contribution in [3.63, 3.8) is 0 Å². The van der Waals surface area contributed by atoms with Gasteiger partial charge in [0.1, 0.15) is 0 Å². The minimum absolute atomic E-state index is 0.0354. The van der Waals surface area contributed by atoms with E-state index < -0.39 is 0 Å². The van der Waals surface area contributed by atoms with Gasteiger partial charge >= 0.3 is 0 Å². The Kier molecular flexibility index (Phi) is 6.49. The van der Waals surface area contributed by atoms with Crippen LogP contribution >= 0.6 is 0 Å². The second kappa shape index (κ2) is 8.81. The molecule has 25 heavy (non-hydrogen) atoms. The third kappa shape index (κ3) is 5.05. The van der Waals surface area contributed by atoms with Gasteiger partial charge in [0.25, 0.3) is 5.91 Å². The van der Waals surface area contributed by atoms with E-state index in [-0.39, 0.29) is 11.3 Å². The van der Waals surface area contributed by atoms with E-state index in [4.69, 9.17) is 4.74 Å². The Bertz CT molecular complexity index is 544. The molecule has 1 aliphatic carbocycles. The van der Waals surface area contributed by atoms with Crippen molar-refractivity contribution in [3.8, 4) is 0 Å². The number of piperidine rings is 1. The third-order valence-electron chi connectivity index (χ3n) is 5.88. The molecule has 1 aliphatic heterocycles. The van der Waals surface area contributed by atoms with E-state index in [0.717, 1.165) is 57.0 Å². The van der Waals surface area contributed by atoms with Crippen LogP contribution in [0.2, 0.25) is 0 Å². The van der Waals surface area contributed by atoms with Crippen LogP contribution in [0.5, 0.6) is 0 Å². The van der Waals surface area contributed by atoms with Crippen molar-refractivity contribution < 1.29 is 9.53 Å². The molecule has 1 heterocycles. The largest absolute Gasteiger partial charge is 0.384 e. The van der Waals surface area contributed by atoms with Crippen LogP contribution in [-0.4, -0.2) is 39.3 Å². The van der Waals surface area contributed by atoms with Crippen molar-refractivity contribution in [2.75, 3.05) is 33.4 Å². The van der Waals surface area contributed by atoms with Crippen LogP contribution in [0, 0.1) is 11.3 Å². The molecule has 4 heteroatoms. The normalized spacial score (nSPS) is 22.7. The molecule has 1 saturated carbocycles. The molecule has 1 aromatic carbocycles. The molecule has 0 spiro atoms. The molecule has 1 atom stereocenters. The van der Waals surface area contributed by atoms with Gasteiger partial charge in [-0.05, 0) is 68.8 Å². The highest BCUT2D eigenvalue weighted by atomic mass is 16.5. The van der Waals surface area contributed by atoms with Gasteiger partial charge < -0.3 is 15.4 Å². The minimum atomic E-state index is 0.0354. The number of carbonyl (C=O) groups excluding carboxylic acids is 1. The zero-order chi connectivity index (χ0) is 17.5. The topological polar surface area (TPSA) is 50.4 Å². The lowest BCUT2D eigenvalue weighted by Gasteiger charge is -2.28. The van der Waals surface area contributed by atoms with Crippen molar-refractivity contribution in [2.24, 2.45) is 11.3 Å². The number of hydrogen-bond donors (Lipinski definition) is 2.